The van der Waals surface area contributed by atoms with Crippen molar-refractivity contribution >= 4 is 0 Å². The van der Waals surface area contributed by atoms with Gasteiger partial charge in [-0.3, -0.25) is 0 Å². The van der Waals surface area contributed by atoms with Gasteiger partial charge in [-0.25, -0.2) is 0 Å². The van der Waals surface area contributed by atoms with Crippen molar-refractivity contribution in [3.05, 3.63) is 0 Å². The summed E-state index contributed by atoms with van der Waals surface area (Å²) in [5.41, 5.74) is 23.9. The Labute approximate surface area is 185 Å². The van der Waals surface area contributed by atoms with E-state index in [2.05, 4.69) is 0 Å². The van der Waals surface area contributed by atoms with Crippen LogP contribution >= 0.6 is 0 Å². The normalized spacial score (nSPS) is 53.3. The maximum atomic E-state index is 10.7. The summed E-state index contributed by atoms with van der Waals surface area (Å²) in [6.45, 7) is 0.989. The summed E-state index contributed by atoms with van der Waals surface area (Å²) in [6, 6.07) is -3.39. The molecule has 2 aliphatic heterocycles. The highest BCUT2D eigenvalue weighted by atomic mass is 16.7. The van der Waals surface area contributed by atoms with Crippen molar-refractivity contribution in [1.82, 2.24) is 0 Å². The van der Waals surface area contributed by atoms with E-state index < -0.39 is 98.3 Å². The van der Waals surface area contributed by atoms with Crippen LogP contribution in [0.25, 0.3) is 0 Å². The first kappa shape index (κ1) is 26.1. The van der Waals surface area contributed by atoms with Gasteiger partial charge in [0.15, 0.2) is 12.6 Å². The molecule has 15 atom stereocenters. The van der Waals surface area contributed by atoms with E-state index in [-0.39, 0.29) is 6.42 Å². The van der Waals surface area contributed by atoms with E-state index >= 15 is 0 Å². The maximum Gasteiger partial charge on any atom is 0.187 e. The van der Waals surface area contributed by atoms with E-state index in [1.54, 1.807) is 6.92 Å². The molecule has 5 unspecified atom stereocenters. The first-order chi connectivity index (χ1) is 15.0. The third-order valence-electron chi connectivity index (χ3n) is 6.35. The third kappa shape index (κ3) is 4.94. The summed E-state index contributed by atoms with van der Waals surface area (Å²) in [7, 11) is 0. The van der Waals surface area contributed by atoms with Crippen molar-refractivity contribution in [2.75, 3.05) is 6.61 Å². The van der Waals surface area contributed by atoms with Gasteiger partial charge < -0.3 is 72.5 Å². The molecule has 0 amide bonds. The fourth-order valence-electron chi connectivity index (χ4n) is 4.36. The zero-order valence-corrected chi connectivity index (χ0v) is 17.7. The van der Waals surface area contributed by atoms with Crippen molar-refractivity contribution in [3.63, 3.8) is 0 Å². The molecule has 32 heavy (non-hydrogen) atoms. The Morgan fingerprint density at radius 3 is 2.00 bits per heavy atom. The third-order valence-corrected chi connectivity index (χ3v) is 6.35. The summed E-state index contributed by atoms with van der Waals surface area (Å²) in [4.78, 5) is 0. The van der Waals surface area contributed by atoms with Crippen LogP contribution in [0, 0.1) is 0 Å². The Hall–Kier alpha value is -0.560. The molecule has 0 aromatic rings. The molecule has 3 aliphatic rings. The van der Waals surface area contributed by atoms with Gasteiger partial charge >= 0.3 is 0 Å². The van der Waals surface area contributed by atoms with Gasteiger partial charge in [0.05, 0.1) is 18.8 Å². The average Bonchev–Trinajstić information content (AvgIpc) is 3.03. The predicted molar refractivity (Wildman–Crippen MR) is 106 cm³/mol. The highest BCUT2D eigenvalue weighted by Crippen LogP contribution is 2.32. The molecule has 0 aromatic heterocycles. The average molecular weight is 469 g/mol. The second kappa shape index (κ2) is 10.4. The molecule has 14 N–H and O–H groups in total. The number of rotatable bonds is 6. The van der Waals surface area contributed by atoms with Gasteiger partial charge in [-0.05, 0) is 13.3 Å². The minimum atomic E-state index is -1.46. The lowest BCUT2D eigenvalue weighted by molar-refractivity contribution is -0.310. The largest absolute Gasteiger partial charge is 0.394 e. The molecule has 0 aromatic carbocycles. The predicted octanol–water partition coefficient (Wildman–Crippen LogP) is -6.26. The van der Waals surface area contributed by atoms with Gasteiger partial charge in [-0.2, -0.15) is 0 Å². The summed E-state index contributed by atoms with van der Waals surface area (Å²) < 4.78 is 22.7. The van der Waals surface area contributed by atoms with Gasteiger partial charge in [0, 0.05) is 18.1 Å². The SMILES string of the molecule is C[C@H](N)[C@H]1O[C@@H](O[C@@H]2C(O)[C@H](N)CC(N)[C@H]2O[C@H]2OC(CO)[C@@H](O)[C@H](O)C2N)C(O)[C@H]1O. The first-order valence-corrected chi connectivity index (χ1v) is 10.6. The Balaban J connectivity index is 1.78. The van der Waals surface area contributed by atoms with E-state index in [0.717, 1.165) is 0 Å². The molecule has 2 saturated heterocycles. The standard InChI is InChI=1S/C18H36N4O10/c1-4(19)14-12(27)13(28)18(30-14)32-16-9(24)5(20)2-6(21)15(16)31-17-8(22)11(26)10(25)7(3-23)29-17/h4-18,23-28H,2-3,19-22H2,1H3/t4-,5+,6?,7?,8?,9?,10+,11+,12+,13?,14+,15+,16+,17+,18-/m0/s1. The lowest BCUT2D eigenvalue weighted by Crippen LogP contribution is -2.68. The lowest BCUT2D eigenvalue weighted by Gasteiger charge is -2.47. The van der Waals surface area contributed by atoms with Crippen molar-refractivity contribution in [2.24, 2.45) is 22.9 Å². The Morgan fingerprint density at radius 2 is 1.44 bits per heavy atom. The van der Waals surface area contributed by atoms with Crippen LogP contribution < -0.4 is 22.9 Å². The maximum absolute atomic E-state index is 10.7. The lowest BCUT2D eigenvalue weighted by atomic mass is 9.84. The highest BCUT2D eigenvalue weighted by Gasteiger charge is 2.52. The molecule has 0 bridgehead atoms. The summed E-state index contributed by atoms with van der Waals surface area (Å²) in [5, 5.41) is 60.8. The van der Waals surface area contributed by atoms with Crippen molar-refractivity contribution in [1.29, 1.82) is 0 Å². The summed E-state index contributed by atoms with van der Waals surface area (Å²) in [6.07, 6.45) is -13.9. The van der Waals surface area contributed by atoms with Crippen LogP contribution in [0.4, 0.5) is 0 Å². The summed E-state index contributed by atoms with van der Waals surface area (Å²) >= 11 is 0. The van der Waals surface area contributed by atoms with E-state index in [4.69, 9.17) is 41.9 Å². The highest BCUT2D eigenvalue weighted by molar-refractivity contribution is 5.01. The van der Waals surface area contributed by atoms with E-state index in [1.165, 1.54) is 0 Å². The molecule has 1 saturated carbocycles. The Morgan fingerprint density at radius 1 is 0.812 bits per heavy atom. The van der Waals surface area contributed by atoms with Crippen LogP contribution in [-0.2, 0) is 18.9 Å². The molecular formula is C18H36N4O10. The molecule has 1 aliphatic carbocycles. The van der Waals surface area contributed by atoms with Crippen LogP contribution in [0.5, 0.6) is 0 Å². The van der Waals surface area contributed by atoms with Gasteiger partial charge in [0.2, 0.25) is 0 Å². The van der Waals surface area contributed by atoms with Crippen molar-refractivity contribution in [3.8, 4) is 0 Å². The van der Waals surface area contributed by atoms with Gasteiger partial charge in [0.25, 0.3) is 0 Å². The van der Waals surface area contributed by atoms with Gasteiger partial charge in [0.1, 0.15) is 48.8 Å². The Bertz CT molecular complexity index is 618. The molecule has 14 heteroatoms. The molecule has 14 nitrogen and oxygen atoms in total. The molecule has 0 spiro atoms. The van der Waals surface area contributed by atoms with Crippen LogP contribution in [0.3, 0.4) is 0 Å². The van der Waals surface area contributed by atoms with Crippen LogP contribution in [0.15, 0.2) is 0 Å². The van der Waals surface area contributed by atoms with Gasteiger partial charge in [-0.1, -0.05) is 0 Å². The smallest absolute Gasteiger partial charge is 0.187 e. The van der Waals surface area contributed by atoms with Crippen LogP contribution in [0.2, 0.25) is 0 Å². The zero-order valence-electron chi connectivity index (χ0n) is 17.7. The molecule has 0 radical (unpaired) electrons. The number of nitrogens with two attached hydrogens (primary N) is 4. The van der Waals surface area contributed by atoms with Crippen LogP contribution in [0.1, 0.15) is 13.3 Å². The minimum absolute atomic E-state index is 0.140. The van der Waals surface area contributed by atoms with Gasteiger partial charge in [-0.15, -0.1) is 0 Å². The fraction of sp³-hybridized carbons (Fsp3) is 1.00. The van der Waals surface area contributed by atoms with E-state index in [9.17, 15) is 30.6 Å². The van der Waals surface area contributed by atoms with E-state index in [0.29, 0.717) is 0 Å². The second-order valence-corrected chi connectivity index (χ2v) is 8.85. The number of hydrogen-bond acceptors (Lipinski definition) is 14. The topological polar surface area (TPSA) is 262 Å². The summed E-state index contributed by atoms with van der Waals surface area (Å²) in [5.74, 6) is 0. The minimum Gasteiger partial charge on any atom is -0.394 e. The van der Waals surface area contributed by atoms with Crippen LogP contribution in [-0.4, -0.2) is 129 Å². The fourth-order valence-corrected chi connectivity index (χ4v) is 4.36. The van der Waals surface area contributed by atoms with Crippen molar-refractivity contribution < 1.29 is 49.6 Å². The van der Waals surface area contributed by atoms with E-state index in [1.807, 2.05) is 0 Å². The number of ether oxygens (including phenoxy) is 4. The molecule has 188 valence electrons. The number of aliphatic hydroxyl groups excluding tert-OH is 6. The molecular weight excluding hydrogens is 432 g/mol. The first-order valence-electron chi connectivity index (χ1n) is 10.6. The number of aliphatic hydroxyl groups is 6. The molecule has 3 fully saturated rings. The Kier molecular flexibility index (Phi) is 8.44. The number of hydrogen-bond donors (Lipinski definition) is 10. The molecule has 2 heterocycles. The quantitative estimate of drug-likeness (QED) is 0.174. The monoisotopic (exact) mass is 468 g/mol. The molecule has 3 rings (SSSR count). The second-order valence-electron chi connectivity index (χ2n) is 8.85. The van der Waals surface area contributed by atoms with Crippen molar-refractivity contribution in [2.45, 2.75) is 105 Å². The zero-order chi connectivity index (χ0) is 23.9.